The van der Waals surface area contributed by atoms with Crippen molar-refractivity contribution in [1.29, 1.82) is 0 Å². The topological polar surface area (TPSA) is 9.23 Å². The molecule has 0 N–H and O–H groups in total. The van der Waals surface area contributed by atoms with Gasteiger partial charge in [-0.3, -0.25) is 0 Å². The van der Waals surface area contributed by atoms with E-state index in [9.17, 15) is 4.39 Å². The van der Waals surface area contributed by atoms with Crippen LogP contribution in [0.15, 0.2) is 18.2 Å². The highest BCUT2D eigenvalue weighted by Crippen LogP contribution is 2.52. The van der Waals surface area contributed by atoms with Crippen molar-refractivity contribution in [3.05, 3.63) is 29.0 Å². The van der Waals surface area contributed by atoms with E-state index in [1.807, 2.05) is 0 Å². The van der Waals surface area contributed by atoms with Crippen LogP contribution in [0.2, 0.25) is 5.02 Å². The van der Waals surface area contributed by atoms with E-state index >= 15 is 0 Å². The molecule has 100 valence electrons. The highest BCUT2D eigenvalue weighted by Gasteiger charge is 2.53. The lowest BCUT2D eigenvalue weighted by Gasteiger charge is -2.52. The third-order valence-electron chi connectivity index (χ3n) is 4.17. The van der Waals surface area contributed by atoms with E-state index in [0.29, 0.717) is 10.6 Å². The Bertz CT molecular complexity index is 434. The summed E-state index contributed by atoms with van der Waals surface area (Å²) in [6, 6.07) is 4.54. The van der Waals surface area contributed by atoms with Gasteiger partial charge in [-0.2, -0.15) is 0 Å². The van der Waals surface area contributed by atoms with Crippen LogP contribution in [0.3, 0.4) is 0 Å². The van der Waals surface area contributed by atoms with E-state index in [2.05, 4.69) is 29.8 Å². The van der Waals surface area contributed by atoms with Crippen LogP contribution in [0, 0.1) is 11.2 Å². The molecule has 2 atom stereocenters. The first kappa shape index (κ1) is 14.1. The van der Waals surface area contributed by atoms with Crippen LogP contribution in [0.1, 0.15) is 33.1 Å². The molecule has 0 aromatic heterocycles. The Labute approximate surface area is 121 Å². The summed E-state index contributed by atoms with van der Waals surface area (Å²) in [5, 5.41) is 0.112. The molecule has 0 spiro atoms. The molecule has 0 bridgehead atoms. The average Bonchev–Trinajstić information content (AvgIpc) is 2.35. The zero-order valence-electron chi connectivity index (χ0n) is 10.6. The summed E-state index contributed by atoms with van der Waals surface area (Å²) < 4.78 is 19.1. The number of rotatable bonds is 4. The van der Waals surface area contributed by atoms with Crippen molar-refractivity contribution in [1.82, 2.24) is 0 Å². The van der Waals surface area contributed by atoms with Crippen molar-refractivity contribution in [2.75, 3.05) is 0 Å². The van der Waals surface area contributed by atoms with E-state index in [4.69, 9.17) is 16.3 Å². The Hall–Kier alpha value is -0.280. The summed E-state index contributed by atoms with van der Waals surface area (Å²) in [6.07, 6.45) is 3.30. The molecule has 1 aromatic rings. The van der Waals surface area contributed by atoms with Crippen LogP contribution < -0.4 is 4.74 Å². The smallest absolute Gasteiger partial charge is 0.142 e. The molecule has 0 amide bonds. The first-order valence-electron chi connectivity index (χ1n) is 6.29. The molecular weight excluding hydrogens is 319 g/mol. The predicted octanol–water partition coefficient (Wildman–Crippen LogP) is 5.20. The van der Waals surface area contributed by atoms with Gasteiger partial charge in [0.25, 0.3) is 0 Å². The minimum atomic E-state index is -0.409. The fourth-order valence-corrected chi connectivity index (χ4v) is 4.18. The van der Waals surface area contributed by atoms with Gasteiger partial charge in [0.15, 0.2) is 0 Å². The number of ether oxygens (including phenoxy) is 1. The maximum Gasteiger partial charge on any atom is 0.142 e. The number of halogens is 3. The van der Waals surface area contributed by atoms with Crippen molar-refractivity contribution in [3.63, 3.8) is 0 Å². The molecule has 1 aliphatic carbocycles. The van der Waals surface area contributed by atoms with Crippen LogP contribution >= 0.6 is 27.5 Å². The second kappa shape index (κ2) is 5.38. The van der Waals surface area contributed by atoms with Crippen LogP contribution in [-0.4, -0.2) is 10.9 Å². The zero-order valence-corrected chi connectivity index (χ0v) is 12.9. The SMILES string of the molecule is CCC1(CC)C(Br)CC1Oc1ccc(F)c(Cl)c1. The monoisotopic (exact) mass is 334 g/mol. The Morgan fingerprint density at radius 1 is 1.44 bits per heavy atom. The van der Waals surface area contributed by atoms with Crippen LogP contribution in [0.4, 0.5) is 4.39 Å². The minimum Gasteiger partial charge on any atom is -0.490 e. The molecule has 2 rings (SSSR count). The summed E-state index contributed by atoms with van der Waals surface area (Å²) in [5.74, 6) is 0.241. The van der Waals surface area contributed by atoms with Gasteiger partial charge in [-0.1, -0.05) is 41.4 Å². The summed E-state index contributed by atoms with van der Waals surface area (Å²) in [6.45, 7) is 4.37. The van der Waals surface area contributed by atoms with E-state index in [1.54, 1.807) is 12.1 Å². The second-order valence-corrected chi connectivity index (χ2v) is 6.34. The van der Waals surface area contributed by atoms with Gasteiger partial charge in [0.1, 0.15) is 17.7 Å². The lowest BCUT2D eigenvalue weighted by Crippen LogP contribution is -2.56. The number of hydrogen-bond donors (Lipinski definition) is 0. The third-order valence-corrected chi connectivity index (χ3v) is 5.75. The largest absolute Gasteiger partial charge is 0.490 e. The second-order valence-electron chi connectivity index (χ2n) is 4.83. The molecule has 0 aliphatic heterocycles. The van der Waals surface area contributed by atoms with Crippen LogP contribution in [0.5, 0.6) is 5.75 Å². The molecule has 2 unspecified atom stereocenters. The normalized spacial score (nSPS) is 25.6. The average molecular weight is 336 g/mol. The molecule has 1 saturated carbocycles. The van der Waals surface area contributed by atoms with Crippen molar-refractivity contribution < 1.29 is 9.13 Å². The quantitative estimate of drug-likeness (QED) is 0.687. The maximum atomic E-state index is 13.1. The Morgan fingerprint density at radius 3 is 2.61 bits per heavy atom. The van der Waals surface area contributed by atoms with Crippen molar-refractivity contribution >= 4 is 27.5 Å². The van der Waals surface area contributed by atoms with Crippen LogP contribution in [0.25, 0.3) is 0 Å². The van der Waals surface area contributed by atoms with E-state index < -0.39 is 5.82 Å². The standard InChI is InChI=1S/C14H17BrClFO/c1-3-14(4-2)12(15)8-13(14)18-9-5-6-11(17)10(16)7-9/h5-7,12-13H,3-4,8H2,1-2H3. The minimum absolute atomic E-state index is 0.112. The molecule has 1 nitrogen and oxygen atoms in total. The molecule has 1 aromatic carbocycles. The Morgan fingerprint density at radius 2 is 2.11 bits per heavy atom. The molecule has 18 heavy (non-hydrogen) atoms. The molecule has 4 heteroatoms. The van der Waals surface area contributed by atoms with Gasteiger partial charge in [0.05, 0.1) is 5.02 Å². The van der Waals surface area contributed by atoms with Gasteiger partial charge < -0.3 is 4.74 Å². The summed E-state index contributed by atoms with van der Waals surface area (Å²) in [7, 11) is 0. The van der Waals surface area contributed by atoms with Gasteiger partial charge in [0, 0.05) is 16.3 Å². The third kappa shape index (κ3) is 2.27. The van der Waals surface area contributed by atoms with Crippen LogP contribution in [-0.2, 0) is 0 Å². The zero-order chi connectivity index (χ0) is 13.3. The van der Waals surface area contributed by atoms with E-state index in [0.717, 1.165) is 19.3 Å². The predicted molar refractivity (Wildman–Crippen MR) is 76.2 cm³/mol. The van der Waals surface area contributed by atoms with Gasteiger partial charge in [-0.25, -0.2) is 4.39 Å². The molecule has 0 heterocycles. The lowest BCUT2D eigenvalue weighted by molar-refractivity contribution is -0.0411. The van der Waals surface area contributed by atoms with Gasteiger partial charge in [-0.05, 0) is 31.4 Å². The molecule has 0 saturated heterocycles. The summed E-state index contributed by atoms with van der Waals surface area (Å²) >= 11 is 9.48. The van der Waals surface area contributed by atoms with Gasteiger partial charge >= 0.3 is 0 Å². The maximum absolute atomic E-state index is 13.1. The van der Waals surface area contributed by atoms with Crippen molar-refractivity contribution in [2.45, 2.75) is 44.0 Å². The first-order valence-corrected chi connectivity index (χ1v) is 7.58. The van der Waals surface area contributed by atoms with Crippen molar-refractivity contribution in [2.24, 2.45) is 5.41 Å². The Kier molecular flexibility index (Phi) is 4.22. The van der Waals surface area contributed by atoms with Crippen molar-refractivity contribution in [3.8, 4) is 5.75 Å². The highest BCUT2D eigenvalue weighted by molar-refractivity contribution is 9.09. The molecule has 1 aliphatic rings. The number of benzene rings is 1. The number of alkyl halides is 1. The van der Waals surface area contributed by atoms with E-state index in [1.165, 1.54) is 6.07 Å². The first-order chi connectivity index (χ1) is 8.53. The summed E-state index contributed by atoms with van der Waals surface area (Å²) in [4.78, 5) is 0.501. The van der Waals surface area contributed by atoms with Gasteiger partial charge in [0.2, 0.25) is 0 Å². The van der Waals surface area contributed by atoms with E-state index in [-0.39, 0.29) is 16.5 Å². The molecule has 0 radical (unpaired) electrons. The lowest BCUT2D eigenvalue weighted by atomic mass is 9.62. The Balaban J connectivity index is 2.12. The molecular formula is C14H17BrClFO. The van der Waals surface area contributed by atoms with Gasteiger partial charge in [-0.15, -0.1) is 0 Å². The summed E-state index contributed by atoms with van der Waals surface area (Å²) in [5.41, 5.74) is 0.181. The fraction of sp³-hybridized carbons (Fsp3) is 0.571. The molecule has 1 fully saturated rings. The number of hydrogen-bond acceptors (Lipinski definition) is 1. The fourth-order valence-electron chi connectivity index (χ4n) is 2.73. The highest BCUT2D eigenvalue weighted by atomic mass is 79.9.